The van der Waals surface area contributed by atoms with Crippen LogP contribution in [0, 0.1) is 10.1 Å². The van der Waals surface area contributed by atoms with Gasteiger partial charge in [-0.1, -0.05) is 29.5 Å². The van der Waals surface area contributed by atoms with Gasteiger partial charge in [0.25, 0.3) is 11.2 Å². The summed E-state index contributed by atoms with van der Waals surface area (Å²) in [4.78, 5) is 54.9. The van der Waals surface area contributed by atoms with Gasteiger partial charge in [0, 0.05) is 12.1 Å². The van der Waals surface area contributed by atoms with Gasteiger partial charge < -0.3 is 23.4 Å². The van der Waals surface area contributed by atoms with Crippen molar-refractivity contribution in [2.45, 2.75) is 26.8 Å². The van der Waals surface area contributed by atoms with Gasteiger partial charge in [-0.05, 0) is 56.7 Å². The molecule has 4 aromatic rings. The van der Waals surface area contributed by atoms with E-state index < -0.39 is 28.5 Å². The second kappa shape index (κ2) is 13.6. The van der Waals surface area contributed by atoms with Crippen LogP contribution in [0.5, 0.6) is 11.5 Å². The first-order chi connectivity index (χ1) is 22.2. The number of hydrogen-bond donors (Lipinski definition) is 0. The van der Waals surface area contributed by atoms with Crippen LogP contribution < -0.4 is 24.4 Å². The summed E-state index contributed by atoms with van der Waals surface area (Å²) in [7, 11) is 1.25. The number of fused-ring (bicyclic) bond motifs is 1. The Morgan fingerprint density at radius 1 is 1.09 bits per heavy atom. The average molecular weight is 648 g/mol. The Balaban J connectivity index is 1.62. The highest BCUT2D eigenvalue weighted by Crippen LogP contribution is 2.36. The fourth-order valence-electron chi connectivity index (χ4n) is 4.93. The van der Waals surface area contributed by atoms with Gasteiger partial charge in [-0.25, -0.2) is 14.6 Å². The number of aromatic nitrogens is 1. The number of hydrogen-bond acceptors (Lipinski definition) is 12. The Bertz CT molecular complexity index is 2040. The Morgan fingerprint density at radius 2 is 1.87 bits per heavy atom. The van der Waals surface area contributed by atoms with Crippen molar-refractivity contribution in [1.82, 2.24) is 4.57 Å². The minimum atomic E-state index is -0.939. The highest BCUT2D eigenvalue weighted by atomic mass is 32.1. The van der Waals surface area contributed by atoms with Gasteiger partial charge in [-0.15, -0.1) is 0 Å². The van der Waals surface area contributed by atoms with Gasteiger partial charge in [0.1, 0.15) is 11.5 Å². The molecule has 0 amide bonds. The summed E-state index contributed by atoms with van der Waals surface area (Å²) in [6.07, 6.45) is 1.53. The maximum Gasteiger partial charge on any atom is 0.343 e. The molecule has 1 aliphatic heterocycles. The number of carbonyl (C=O) groups is 2. The quantitative estimate of drug-likeness (QED) is 0.133. The number of ether oxygens (including phenoxy) is 4. The molecule has 2 aromatic carbocycles. The lowest BCUT2D eigenvalue weighted by molar-refractivity contribution is -0.384. The number of furan rings is 1. The predicted octanol–water partition coefficient (Wildman–Crippen LogP) is 3.92. The van der Waals surface area contributed by atoms with Crippen molar-refractivity contribution >= 4 is 35.0 Å². The largest absolute Gasteiger partial charge is 0.490 e. The Labute approximate surface area is 265 Å². The van der Waals surface area contributed by atoms with Gasteiger partial charge in [-0.2, -0.15) is 0 Å². The summed E-state index contributed by atoms with van der Waals surface area (Å²) in [5.74, 6) is -0.0830. The molecule has 0 N–H and O–H groups in total. The zero-order valence-corrected chi connectivity index (χ0v) is 26.1. The van der Waals surface area contributed by atoms with Crippen molar-refractivity contribution in [1.29, 1.82) is 0 Å². The van der Waals surface area contributed by atoms with Crippen molar-refractivity contribution in [2.24, 2.45) is 4.99 Å². The number of allylic oxidation sites excluding steroid dienone is 1. The third-order valence-electron chi connectivity index (χ3n) is 6.94. The number of methoxy groups -OCH3 is 1. The molecule has 14 heteroatoms. The molecule has 0 fully saturated rings. The van der Waals surface area contributed by atoms with Crippen molar-refractivity contribution in [3.05, 3.63) is 107 Å². The summed E-state index contributed by atoms with van der Waals surface area (Å²) in [6, 6.07) is 13.4. The zero-order valence-electron chi connectivity index (χ0n) is 25.3. The molecule has 0 aliphatic carbocycles. The summed E-state index contributed by atoms with van der Waals surface area (Å²) in [6.45, 7) is 5.17. The maximum atomic E-state index is 14.0. The summed E-state index contributed by atoms with van der Waals surface area (Å²) in [5.41, 5.74) is 0.788. The SMILES string of the molecule is CCOC(=O)C1=C(C)N=c2s/c(=C/c3ccc(-c4ccccc4[N+](=O)[O-])o3)c(=O)n2[C@@H]1c1ccc(OCC(=O)OC)c(OCC)c1. The van der Waals surface area contributed by atoms with E-state index in [0.717, 1.165) is 11.3 Å². The first kappa shape index (κ1) is 31.9. The first-order valence-electron chi connectivity index (χ1n) is 14.2. The van der Waals surface area contributed by atoms with Crippen LogP contribution in [0.2, 0.25) is 0 Å². The topological polar surface area (TPSA) is 162 Å². The average Bonchev–Trinajstić information content (AvgIpc) is 3.63. The number of nitrogens with zero attached hydrogens (tertiary/aromatic N) is 3. The number of para-hydroxylation sites is 1. The number of thiazole rings is 1. The smallest absolute Gasteiger partial charge is 0.343 e. The fraction of sp³-hybridized carbons (Fsp3) is 0.250. The molecular weight excluding hydrogens is 618 g/mol. The Hall–Kier alpha value is -5.50. The number of carbonyl (C=O) groups excluding carboxylic acids is 2. The molecule has 0 saturated carbocycles. The molecule has 0 bridgehead atoms. The molecule has 0 saturated heterocycles. The van der Waals surface area contributed by atoms with Crippen molar-refractivity contribution in [3.63, 3.8) is 0 Å². The van der Waals surface area contributed by atoms with Gasteiger partial charge in [-0.3, -0.25) is 19.5 Å². The van der Waals surface area contributed by atoms with E-state index in [1.54, 1.807) is 69.3 Å². The van der Waals surface area contributed by atoms with E-state index in [1.165, 1.54) is 23.8 Å². The van der Waals surface area contributed by atoms with Gasteiger partial charge in [0.05, 0.1) is 52.7 Å². The van der Waals surface area contributed by atoms with Crippen LogP contribution >= 0.6 is 11.3 Å². The van der Waals surface area contributed by atoms with E-state index in [4.69, 9.17) is 18.6 Å². The van der Waals surface area contributed by atoms with Crippen LogP contribution in [0.25, 0.3) is 17.4 Å². The molecule has 0 spiro atoms. The molecule has 0 unspecified atom stereocenters. The summed E-state index contributed by atoms with van der Waals surface area (Å²) in [5, 5.41) is 11.5. The molecule has 238 valence electrons. The molecule has 1 aliphatic rings. The highest BCUT2D eigenvalue weighted by Gasteiger charge is 2.34. The van der Waals surface area contributed by atoms with Gasteiger partial charge in [0.15, 0.2) is 22.9 Å². The van der Waals surface area contributed by atoms with Gasteiger partial charge >= 0.3 is 11.9 Å². The van der Waals surface area contributed by atoms with Crippen LogP contribution in [0.1, 0.15) is 38.1 Å². The predicted molar refractivity (Wildman–Crippen MR) is 166 cm³/mol. The first-order valence-corrected chi connectivity index (χ1v) is 15.0. The van der Waals surface area contributed by atoms with E-state index >= 15 is 0 Å². The molecule has 3 heterocycles. The van der Waals surface area contributed by atoms with Crippen molar-refractivity contribution < 1.29 is 37.9 Å². The molecule has 46 heavy (non-hydrogen) atoms. The maximum absolute atomic E-state index is 14.0. The molecule has 1 atom stereocenters. The molecule has 2 aromatic heterocycles. The van der Waals surface area contributed by atoms with E-state index in [0.29, 0.717) is 33.1 Å². The van der Waals surface area contributed by atoms with Crippen LogP contribution in [0.3, 0.4) is 0 Å². The normalized spacial score (nSPS) is 14.3. The Morgan fingerprint density at radius 3 is 2.59 bits per heavy atom. The summed E-state index contributed by atoms with van der Waals surface area (Å²) >= 11 is 1.10. The van der Waals surface area contributed by atoms with Crippen molar-refractivity contribution in [3.8, 4) is 22.8 Å². The van der Waals surface area contributed by atoms with Gasteiger partial charge in [0.2, 0.25) is 0 Å². The highest BCUT2D eigenvalue weighted by molar-refractivity contribution is 7.07. The number of benzene rings is 2. The minimum Gasteiger partial charge on any atom is -0.490 e. The van der Waals surface area contributed by atoms with Crippen LogP contribution in [-0.4, -0.2) is 48.4 Å². The van der Waals surface area contributed by atoms with E-state index in [-0.39, 0.29) is 47.1 Å². The molecule has 13 nitrogen and oxygen atoms in total. The number of esters is 2. The Kier molecular flexibility index (Phi) is 9.47. The number of nitro benzene ring substituents is 1. The van der Waals surface area contributed by atoms with Crippen molar-refractivity contribution in [2.75, 3.05) is 26.9 Å². The minimum absolute atomic E-state index is 0.109. The lowest BCUT2D eigenvalue weighted by atomic mass is 9.95. The molecular formula is C32H29N3O10S. The van der Waals surface area contributed by atoms with E-state index in [1.807, 2.05) is 0 Å². The molecule has 0 radical (unpaired) electrons. The van der Waals surface area contributed by atoms with Crippen LogP contribution in [0.4, 0.5) is 5.69 Å². The van der Waals surface area contributed by atoms with E-state index in [9.17, 15) is 24.5 Å². The standard InChI is InChI=1S/C32H29N3O10S/c1-5-42-25-15-19(11-13-24(25)44-17-27(36)41-4)29-28(31(38)43-6-2)18(3)33-32-34(29)30(37)26(46-32)16-20-12-14-23(45-20)21-9-7-8-10-22(21)35(39)40/h7-16,29H,5-6,17H2,1-4H3/b26-16+/t29-/m1/s1. The summed E-state index contributed by atoms with van der Waals surface area (Å²) < 4.78 is 29.0. The van der Waals surface area contributed by atoms with Crippen LogP contribution in [0.15, 0.2) is 80.1 Å². The second-order valence-electron chi connectivity index (χ2n) is 9.78. The fourth-order valence-corrected chi connectivity index (χ4v) is 5.96. The number of nitro groups is 1. The lowest BCUT2D eigenvalue weighted by Crippen LogP contribution is -2.40. The van der Waals surface area contributed by atoms with E-state index in [2.05, 4.69) is 9.73 Å². The third-order valence-corrected chi connectivity index (χ3v) is 7.92. The molecule has 5 rings (SSSR count). The third kappa shape index (κ3) is 6.33. The second-order valence-corrected chi connectivity index (χ2v) is 10.8. The van der Waals surface area contributed by atoms with Crippen LogP contribution in [-0.2, 0) is 19.1 Å². The monoisotopic (exact) mass is 647 g/mol. The zero-order chi connectivity index (χ0) is 33.0. The number of rotatable bonds is 11. The lowest BCUT2D eigenvalue weighted by Gasteiger charge is -2.25.